The van der Waals surface area contributed by atoms with E-state index in [0.29, 0.717) is 13.0 Å². The number of para-hydroxylation sites is 1. The quantitative estimate of drug-likeness (QED) is 0.361. The van der Waals surface area contributed by atoms with Crippen LogP contribution in [-0.2, 0) is 11.3 Å². The molecule has 3 rings (SSSR count). The first-order valence-electron chi connectivity index (χ1n) is 9.43. The van der Waals surface area contributed by atoms with Gasteiger partial charge in [-0.2, -0.15) is 0 Å². The predicted molar refractivity (Wildman–Crippen MR) is 120 cm³/mol. The van der Waals surface area contributed by atoms with Crippen molar-refractivity contribution in [3.63, 3.8) is 0 Å². The lowest BCUT2D eigenvalue weighted by atomic mass is 9.95. The molecule has 1 aromatic carbocycles. The third-order valence-corrected chi connectivity index (χ3v) is 4.67. The molecule has 28 heavy (non-hydrogen) atoms. The zero-order chi connectivity index (χ0) is 19.1. The molecule has 0 bridgehead atoms. The lowest BCUT2D eigenvalue weighted by Gasteiger charge is -2.34. The number of piperidine rings is 1. The van der Waals surface area contributed by atoms with Crippen LogP contribution < -0.4 is 11.1 Å². The topological polar surface area (TPSA) is 101 Å². The molecule has 2 heterocycles. The molecule has 1 aliphatic rings. The number of aliphatic imine (C=N–C) groups is 1. The number of hydrogen-bond acceptors (Lipinski definition) is 4. The summed E-state index contributed by atoms with van der Waals surface area (Å²) in [4.78, 5) is 18.2. The molecule has 2 aromatic rings. The van der Waals surface area contributed by atoms with Crippen molar-refractivity contribution in [1.82, 2.24) is 25.0 Å². The van der Waals surface area contributed by atoms with Crippen LogP contribution in [0.3, 0.4) is 0 Å². The third-order valence-electron chi connectivity index (χ3n) is 4.67. The molecule has 0 aliphatic carbocycles. The summed E-state index contributed by atoms with van der Waals surface area (Å²) in [5.41, 5.74) is 6.39. The van der Waals surface area contributed by atoms with Gasteiger partial charge in [0.15, 0.2) is 11.8 Å². The Balaban J connectivity index is 0.00000280. The predicted octanol–water partition coefficient (Wildman–Crippen LogP) is 1.94. The molecular weight excluding hydrogens is 469 g/mol. The van der Waals surface area contributed by atoms with Crippen molar-refractivity contribution >= 4 is 35.8 Å². The number of carbonyl (C=O) groups is 1. The molecule has 0 saturated carbocycles. The van der Waals surface area contributed by atoms with Gasteiger partial charge in [0.05, 0.1) is 0 Å². The van der Waals surface area contributed by atoms with Gasteiger partial charge in [0, 0.05) is 31.7 Å². The molecule has 9 heteroatoms. The van der Waals surface area contributed by atoms with Crippen LogP contribution in [0.1, 0.15) is 32.0 Å². The van der Waals surface area contributed by atoms with Crippen LogP contribution in [0.25, 0.3) is 5.69 Å². The monoisotopic (exact) mass is 497 g/mol. The van der Waals surface area contributed by atoms with Crippen LogP contribution in [0.5, 0.6) is 0 Å². The van der Waals surface area contributed by atoms with E-state index in [4.69, 9.17) is 10.7 Å². The number of amides is 1. The summed E-state index contributed by atoms with van der Waals surface area (Å²) in [7, 11) is 0. The number of hydrogen-bond donors (Lipinski definition) is 2. The number of halogens is 1. The number of rotatable bonds is 6. The summed E-state index contributed by atoms with van der Waals surface area (Å²) in [6.45, 7) is 4.97. The highest BCUT2D eigenvalue weighted by Crippen LogP contribution is 2.19. The van der Waals surface area contributed by atoms with Crippen LogP contribution in [-0.4, -0.2) is 51.2 Å². The fourth-order valence-corrected chi connectivity index (χ4v) is 3.45. The zero-order valence-corrected chi connectivity index (χ0v) is 18.5. The van der Waals surface area contributed by atoms with Crippen LogP contribution in [0.4, 0.5) is 0 Å². The molecule has 3 N–H and O–H groups in total. The van der Waals surface area contributed by atoms with Gasteiger partial charge in [-0.15, -0.1) is 34.2 Å². The highest BCUT2D eigenvalue weighted by molar-refractivity contribution is 14.0. The first kappa shape index (κ1) is 22.1. The number of benzene rings is 1. The molecule has 1 amide bonds. The van der Waals surface area contributed by atoms with E-state index < -0.39 is 0 Å². The normalized spacial score (nSPS) is 17.1. The summed E-state index contributed by atoms with van der Waals surface area (Å²) >= 11 is 0. The molecule has 1 aliphatic heterocycles. The van der Waals surface area contributed by atoms with Gasteiger partial charge in [-0.05, 0) is 37.8 Å². The van der Waals surface area contributed by atoms with E-state index >= 15 is 0 Å². The molecule has 0 radical (unpaired) electrons. The van der Waals surface area contributed by atoms with E-state index in [9.17, 15) is 4.79 Å². The Hall–Kier alpha value is -2.17. The summed E-state index contributed by atoms with van der Waals surface area (Å²) in [6.07, 6.45) is 4.19. The lowest BCUT2D eigenvalue weighted by Crippen LogP contribution is -2.47. The highest BCUT2D eigenvalue weighted by Gasteiger charge is 2.23. The molecule has 1 atom stereocenters. The van der Waals surface area contributed by atoms with E-state index in [-0.39, 0.29) is 35.8 Å². The van der Waals surface area contributed by atoms with Crippen molar-refractivity contribution in [2.45, 2.75) is 32.7 Å². The van der Waals surface area contributed by atoms with Crippen molar-refractivity contribution in [2.75, 3.05) is 19.6 Å². The number of nitrogens with one attached hydrogen (secondary N) is 1. The van der Waals surface area contributed by atoms with E-state index in [1.54, 1.807) is 6.33 Å². The number of nitrogens with zero attached hydrogens (tertiary/aromatic N) is 5. The van der Waals surface area contributed by atoms with Gasteiger partial charge in [-0.1, -0.05) is 18.2 Å². The summed E-state index contributed by atoms with van der Waals surface area (Å²) in [6, 6.07) is 9.98. The first-order valence-corrected chi connectivity index (χ1v) is 9.43. The van der Waals surface area contributed by atoms with Gasteiger partial charge in [-0.3, -0.25) is 9.36 Å². The minimum Gasteiger partial charge on any atom is -0.370 e. The van der Waals surface area contributed by atoms with Crippen LogP contribution in [0, 0.1) is 5.92 Å². The number of nitrogens with two attached hydrogens (primary N) is 1. The van der Waals surface area contributed by atoms with Crippen LogP contribution in [0.2, 0.25) is 0 Å². The SMILES string of the molecule is CCNC(=NCc1nncn1-c1ccccc1)N1CCCC(CC(N)=O)C1.I. The third kappa shape index (κ3) is 5.91. The Morgan fingerprint density at radius 3 is 2.86 bits per heavy atom. The maximum Gasteiger partial charge on any atom is 0.217 e. The summed E-state index contributed by atoms with van der Waals surface area (Å²) in [5, 5.41) is 11.6. The number of guanidine groups is 1. The van der Waals surface area contributed by atoms with Crippen molar-refractivity contribution in [2.24, 2.45) is 16.6 Å². The van der Waals surface area contributed by atoms with Crippen molar-refractivity contribution in [3.05, 3.63) is 42.5 Å². The molecule has 1 unspecified atom stereocenters. The molecule has 0 spiro atoms. The van der Waals surface area contributed by atoms with Crippen molar-refractivity contribution < 1.29 is 4.79 Å². The Morgan fingerprint density at radius 1 is 1.36 bits per heavy atom. The van der Waals surface area contributed by atoms with Gasteiger partial charge < -0.3 is 16.0 Å². The van der Waals surface area contributed by atoms with E-state index in [1.807, 2.05) is 41.8 Å². The maximum absolute atomic E-state index is 11.3. The fourth-order valence-electron chi connectivity index (χ4n) is 3.45. The van der Waals surface area contributed by atoms with Gasteiger partial charge >= 0.3 is 0 Å². The zero-order valence-electron chi connectivity index (χ0n) is 16.1. The first-order chi connectivity index (χ1) is 13.2. The lowest BCUT2D eigenvalue weighted by molar-refractivity contribution is -0.119. The fraction of sp³-hybridized carbons (Fsp3) is 0.474. The van der Waals surface area contributed by atoms with E-state index in [1.165, 1.54) is 0 Å². The average molecular weight is 497 g/mol. The summed E-state index contributed by atoms with van der Waals surface area (Å²) < 4.78 is 1.94. The van der Waals surface area contributed by atoms with Gasteiger partial charge in [0.2, 0.25) is 5.91 Å². The van der Waals surface area contributed by atoms with Gasteiger partial charge in [0.1, 0.15) is 12.9 Å². The molecule has 1 fully saturated rings. The van der Waals surface area contributed by atoms with Crippen LogP contribution >= 0.6 is 24.0 Å². The van der Waals surface area contributed by atoms with Crippen LogP contribution in [0.15, 0.2) is 41.7 Å². The molecular formula is C19H28IN7O. The van der Waals surface area contributed by atoms with Crippen molar-refractivity contribution in [3.8, 4) is 5.69 Å². The maximum atomic E-state index is 11.3. The average Bonchev–Trinajstić information content (AvgIpc) is 3.14. The Kier molecular flexibility index (Phi) is 8.68. The second-order valence-electron chi connectivity index (χ2n) is 6.75. The summed E-state index contributed by atoms with van der Waals surface area (Å²) in [5.74, 6) is 1.67. The van der Waals surface area contributed by atoms with Gasteiger partial charge in [0.25, 0.3) is 0 Å². The smallest absolute Gasteiger partial charge is 0.217 e. The largest absolute Gasteiger partial charge is 0.370 e. The minimum absolute atomic E-state index is 0. The number of carbonyl (C=O) groups excluding carboxylic acids is 1. The minimum atomic E-state index is -0.236. The van der Waals surface area contributed by atoms with E-state index in [0.717, 1.165) is 49.9 Å². The Morgan fingerprint density at radius 2 is 2.14 bits per heavy atom. The number of primary amides is 1. The van der Waals surface area contributed by atoms with Crippen molar-refractivity contribution in [1.29, 1.82) is 0 Å². The van der Waals surface area contributed by atoms with E-state index in [2.05, 4.69) is 20.4 Å². The number of aromatic nitrogens is 3. The molecule has 8 nitrogen and oxygen atoms in total. The Bertz CT molecular complexity index is 778. The second-order valence-corrected chi connectivity index (χ2v) is 6.75. The Labute approximate surface area is 182 Å². The highest BCUT2D eigenvalue weighted by atomic mass is 127. The number of likely N-dealkylation sites (tertiary alicyclic amines) is 1. The van der Waals surface area contributed by atoms with Gasteiger partial charge in [-0.25, -0.2) is 4.99 Å². The molecule has 1 aromatic heterocycles. The second kappa shape index (κ2) is 11.0. The standard InChI is InChI=1S/C19H27N7O.HI/c1-2-21-19(25-10-6-7-15(13-25)11-17(20)27)22-12-18-24-23-14-26(18)16-8-4-3-5-9-16;/h3-5,8-9,14-15H,2,6-7,10-13H2,1H3,(H2,20,27)(H,21,22);1H. The molecule has 152 valence electrons. The molecule has 1 saturated heterocycles.